The molecule has 1 amide bonds. The number of carbonyl (C=O) groups is 1. The van der Waals surface area contributed by atoms with Crippen molar-refractivity contribution < 1.29 is 18.0 Å². The third-order valence-corrected chi connectivity index (χ3v) is 4.80. The van der Waals surface area contributed by atoms with Gasteiger partial charge in [-0.15, -0.1) is 0 Å². The first kappa shape index (κ1) is 20.0. The molecule has 2 rings (SSSR count). The lowest BCUT2D eigenvalue weighted by molar-refractivity contribution is -0.142. The van der Waals surface area contributed by atoms with Crippen LogP contribution in [0.2, 0.25) is 0 Å². The van der Waals surface area contributed by atoms with Crippen LogP contribution in [0, 0.1) is 6.92 Å². The summed E-state index contributed by atoms with van der Waals surface area (Å²) in [5, 5.41) is 10.4. The van der Waals surface area contributed by atoms with Crippen LogP contribution in [-0.4, -0.2) is 32.0 Å². The average Bonchev–Trinajstić information content (AvgIpc) is 3.06. The van der Waals surface area contributed by atoms with E-state index in [4.69, 9.17) is 0 Å². The van der Waals surface area contributed by atoms with Crippen molar-refractivity contribution in [2.24, 2.45) is 0 Å². The van der Waals surface area contributed by atoms with E-state index in [1.54, 1.807) is 10.9 Å². The Labute approximate surface area is 159 Å². The number of hydrogen-bond acceptors (Lipinski definition) is 3. The Balaban J connectivity index is 1.76. The van der Waals surface area contributed by atoms with Gasteiger partial charge >= 0.3 is 6.18 Å². The Kier molecular flexibility index (Phi) is 6.66. The molecule has 2 aromatic rings. The van der Waals surface area contributed by atoms with Gasteiger partial charge in [-0.25, -0.2) is 0 Å². The van der Waals surface area contributed by atoms with Crippen LogP contribution in [0.1, 0.15) is 24.2 Å². The van der Waals surface area contributed by atoms with Gasteiger partial charge in [0.15, 0.2) is 5.69 Å². The van der Waals surface area contributed by atoms with Gasteiger partial charge in [-0.05, 0) is 45.2 Å². The number of carbonyl (C=O) groups excluding carboxylic acids is 1. The molecule has 1 N–H and O–H groups in total. The highest BCUT2D eigenvalue weighted by molar-refractivity contribution is 9.10. The standard InChI is InChI=1S/C14H16Br2F3N5O/c1-9-12(16)13(14(17,18)19)22-24(9)6-3-11(25)20-4-2-5-23-8-10(15)7-21-23/h7-8H,2-6H2,1H3,(H,20,25). The minimum absolute atomic E-state index is 0.0551. The molecule has 0 aliphatic heterocycles. The zero-order chi connectivity index (χ0) is 18.6. The summed E-state index contributed by atoms with van der Waals surface area (Å²) >= 11 is 6.20. The Bertz CT molecular complexity index is 741. The number of aromatic nitrogens is 4. The maximum atomic E-state index is 12.8. The van der Waals surface area contributed by atoms with Gasteiger partial charge in [-0.2, -0.15) is 23.4 Å². The molecule has 0 unspecified atom stereocenters. The molecule has 2 heterocycles. The van der Waals surface area contributed by atoms with Crippen LogP contribution < -0.4 is 5.32 Å². The lowest BCUT2D eigenvalue weighted by Crippen LogP contribution is -2.26. The monoisotopic (exact) mass is 485 g/mol. The molecule has 0 radical (unpaired) electrons. The Morgan fingerprint density at radius 2 is 2.04 bits per heavy atom. The van der Waals surface area contributed by atoms with Crippen LogP contribution >= 0.6 is 31.9 Å². The maximum absolute atomic E-state index is 12.8. The van der Waals surface area contributed by atoms with Gasteiger partial charge < -0.3 is 5.32 Å². The first-order valence-electron chi connectivity index (χ1n) is 7.43. The molecule has 0 aromatic carbocycles. The zero-order valence-corrected chi connectivity index (χ0v) is 16.4. The summed E-state index contributed by atoms with van der Waals surface area (Å²) in [6.07, 6.45) is -0.265. The second-order valence-electron chi connectivity index (χ2n) is 5.34. The Morgan fingerprint density at radius 3 is 2.60 bits per heavy atom. The van der Waals surface area contributed by atoms with Crippen LogP contribution in [0.4, 0.5) is 13.2 Å². The average molecular weight is 487 g/mol. The smallest absolute Gasteiger partial charge is 0.356 e. The summed E-state index contributed by atoms with van der Waals surface area (Å²) < 4.78 is 42.1. The van der Waals surface area contributed by atoms with Crippen molar-refractivity contribution in [3.8, 4) is 0 Å². The molecule has 6 nitrogen and oxygen atoms in total. The van der Waals surface area contributed by atoms with Gasteiger partial charge in [-0.3, -0.25) is 14.2 Å². The zero-order valence-electron chi connectivity index (χ0n) is 13.3. The summed E-state index contributed by atoms with van der Waals surface area (Å²) in [5.74, 6) is -0.235. The quantitative estimate of drug-likeness (QED) is 0.609. The largest absolute Gasteiger partial charge is 0.436 e. The molecule has 25 heavy (non-hydrogen) atoms. The minimum Gasteiger partial charge on any atom is -0.356 e. The van der Waals surface area contributed by atoms with Crippen LogP contribution in [-0.2, 0) is 24.1 Å². The number of aryl methyl sites for hydroxylation is 2. The second kappa shape index (κ2) is 8.35. The molecule has 138 valence electrons. The minimum atomic E-state index is -4.53. The van der Waals surface area contributed by atoms with E-state index in [-0.39, 0.29) is 23.3 Å². The van der Waals surface area contributed by atoms with Crippen molar-refractivity contribution in [3.05, 3.63) is 32.7 Å². The van der Waals surface area contributed by atoms with E-state index < -0.39 is 11.9 Å². The fourth-order valence-electron chi connectivity index (χ4n) is 2.15. The highest BCUT2D eigenvalue weighted by Crippen LogP contribution is 2.35. The first-order chi connectivity index (χ1) is 11.7. The SMILES string of the molecule is Cc1c(Br)c(C(F)(F)F)nn1CCC(=O)NCCCn1cc(Br)cn1. The van der Waals surface area contributed by atoms with Gasteiger partial charge in [0.1, 0.15) is 0 Å². The first-order valence-corrected chi connectivity index (χ1v) is 9.02. The van der Waals surface area contributed by atoms with E-state index in [0.717, 1.165) is 4.47 Å². The van der Waals surface area contributed by atoms with E-state index in [2.05, 4.69) is 47.4 Å². The molecule has 0 aliphatic carbocycles. The number of nitrogens with zero attached hydrogens (tertiary/aromatic N) is 4. The highest BCUT2D eigenvalue weighted by Gasteiger charge is 2.37. The van der Waals surface area contributed by atoms with Gasteiger partial charge in [0.25, 0.3) is 0 Å². The number of halogens is 5. The highest BCUT2D eigenvalue weighted by atomic mass is 79.9. The van der Waals surface area contributed by atoms with E-state index >= 15 is 0 Å². The molecule has 0 saturated heterocycles. The van der Waals surface area contributed by atoms with Gasteiger partial charge in [0.2, 0.25) is 5.91 Å². The number of hydrogen-bond donors (Lipinski definition) is 1. The van der Waals surface area contributed by atoms with Crippen molar-refractivity contribution in [2.45, 2.75) is 39.0 Å². The topological polar surface area (TPSA) is 64.7 Å². The number of rotatable bonds is 7. The van der Waals surface area contributed by atoms with E-state index in [1.807, 2.05) is 6.20 Å². The van der Waals surface area contributed by atoms with Crippen LogP contribution in [0.5, 0.6) is 0 Å². The van der Waals surface area contributed by atoms with Crippen molar-refractivity contribution >= 4 is 37.8 Å². The summed E-state index contributed by atoms with van der Waals surface area (Å²) in [6, 6.07) is 0. The Morgan fingerprint density at radius 1 is 1.32 bits per heavy atom. The van der Waals surface area contributed by atoms with Crippen molar-refractivity contribution in [1.29, 1.82) is 0 Å². The normalized spacial score (nSPS) is 11.8. The summed E-state index contributed by atoms with van der Waals surface area (Å²) in [7, 11) is 0. The molecule has 0 aliphatic rings. The number of amides is 1. The lowest BCUT2D eigenvalue weighted by atomic mass is 10.3. The molecular weight excluding hydrogens is 471 g/mol. The maximum Gasteiger partial charge on any atom is 0.436 e. The second-order valence-corrected chi connectivity index (χ2v) is 7.05. The summed E-state index contributed by atoms with van der Waals surface area (Å²) in [5.41, 5.74) is -0.639. The molecule has 11 heteroatoms. The fraction of sp³-hybridized carbons (Fsp3) is 0.500. The lowest BCUT2D eigenvalue weighted by Gasteiger charge is -2.07. The fourth-order valence-corrected chi connectivity index (χ4v) is 2.99. The van der Waals surface area contributed by atoms with Crippen LogP contribution in [0.3, 0.4) is 0 Å². The van der Waals surface area contributed by atoms with Crippen molar-refractivity contribution in [1.82, 2.24) is 24.9 Å². The molecule has 0 atom stereocenters. The summed E-state index contributed by atoms with van der Waals surface area (Å²) in [4.78, 5) is 11.8. The third-order valence-electron chi connectivity index (χ3n) is 3.44. The molecule has 0 saturated carbocycles. The van der Waals surface area contributed by atoms with E-state index in [0.29, 0.717) is 25.2 Å². The molecule has 0 fully saturated rings. The predicted octanol–water partition coefficient (Wildman–Crippen LogP) is 3.53. The number of alkyl halides is 3. The third kappa shape index (κ3) is 5.56. The molecule has 0 spiro atoms. The van der Waals surface area contributed by atoms with E-state index in [9.17, 15) is 18.0 Å². The van der Waals surface area contributed by atoms with Gasteiger partial charge in [0.05, 0.1) is 27.4 Å². The van der Waals surface area contributed by atoms with Crippen LogP contribution in [0.25, 0.3) is 0 Å². The predicted molar refractivity (Wildman–Crippen MR) is 91.8 cm³/mol. The van der Waals surface area contributed by atoms with Crippen molar-refractivity contribution in [2.75, 3.05) is 6.54 Å². The van der Waals surface area contributed by atoms with E-state index in [1.165, 1.54) is 11.6 Å². The van der Waals surface area contributed by atoms with Crippen molar-refractivity contribution in [3.63, 3.8) is 0 Å². The summed E-state index contributed by atoms with van der Waals surface area (Å²) in [6.45, 7) is 2.73. The molecule has 2 aromatic heterocycles. The van der Waals surface area contributed by atoms with Gasteiger partial charge in [-0.1, -0.05) is 0 Å². The molecular formula is C14H16Br2F3N5O. The molecule has 0 bridgehead atoms. The van der Waals surface area contributed by atoms with Gasteiger partial charge in [0, 0.05) is 25.7 Å². The number of nitrogens with one attached hydrogen (secondary N) is 1. The van der Waals surface area contributed by atoms with Crippen LogP contribution in [0.15, 0.2) is 21.3 Å². The Hall–Kier alpha value is -1.36.